The first kappa shape index (κ1) is 11.2. The smallest absolute Gasteiger partial charge is 0.237 e. The van der Waals surface area contributed by atoms with Crippen molar-refractivity contribution in [1.29, 1.82) is 0 Å². The van der Waals surface area contributed by atoms with Gasteiger partial charge in [-0.25, -0.2) is 0 Å². The highest BCUT2D eigenvalue weighted by atomic mass is 35.5. The summed E-state index contributed by atoms with van der Waals surface area (Å²) in [6.45, 7) is 2.81. The third-order valence-corrected chi connectivity index (χ3v) is 3.68. The fourth-order valence-corrected chi connectivity index (χ4v) is 2.95. The molecule has 0 unspecified atom stereocenters. The Hall–Kier alpha value is 0.110. The molecular formula is C9H16ClNOS. The highest BCUT2D eigenvalue weighted by Crippen LogP contribution is 2.21. The molecule has 4 heteroatoms. The molecule has 13 heavy (non-hydrogen) atoms. The van der Waals surface area contributed by atoms with Gasteiger partial charge in [0.1, 0.15) is 5.88 Å². The van der Waals surface area contributed by atoms with Crippen LogP contribution in [0.25, 0.3) is 0 Å². The molecule has 1 aliphatic heterocycles. The molecule has 0 radical (unpaired) electrons. The summed E-state index contributed by atoms with van der Waals surface area (Å²) in [5, 5.41) is 0. The van der Waals surface area contributed by atoms with Crippen molar-refractivity contribution in [2.45, 2.75) is 25.8 Å². The zero-order valence-electron chi connectivity index (χ0n) is 7.96. The third-order valence-electron chi connectivity index (χ3n) is 2.41. The van der Waals surface area contributed by atoms with Crippen LogP contribution in [0.3, 0.4) is 0 Å². The summed E-state index contributed by atoms with van der Waals surface area (Å²) in [7, 11) is 0. The minimum atomic E-state index is 0.0843. The van der Waals surface area contributed by atoms with Gasteiger partial charge in [0, 0.05) is 12.6 Å². The lowest BCUT2D eigenvalue weighted by atomic mass is 10.1. The van der Waals surface area contributed by atoms with E-state index < -0.39 is 0 Å². The molecule has 1 rings (SSSR count). The number of thioether (sulfide) groups is 1. The summed E-state index contributed by atoms with van der Waals surface area (Å²) < 4.78 is 0. The Morgan fingerprint density at radius 1 is 1.54 bits per heavy atom. The second-order valence-corrected chi connectivity index (χ2v) is 4.65. The Kier molecular flexibility index (Phi) is 4.96. The third kappa shape index (κ3) is 3.06. The van der Waals surface area contributed by atoms with Gasteiger partial charge < -0.3 is 4.90 Å². The Bertz CT molecular complexity index is 171. The Labute approximate surface area is 89.0 Å². The molecule has 1 amide bonds. The molecule has 0 aromatic carbocycles. The van der Waals surface area contributed by atoms with Crippen LogP contribution >= 0.6 is 23.4 Å². The van der Waals surface area contributed by atoms with Crippen LogP contribution in [0.4, 0.5) is 0 Å². The average molecular weight is 222 g/mol. The highest BCUT2D eigenvalue weighted by molar-refractivity contribution is 7.99. The van der Waals surface area contributed by atoms with E-state index in [4.69, 9.17) is 11.6 Å². The number of alkyl halides is 1. The highest BCUT2D eigenvalue weighted by Gasteiger charge is 2.23. The van der Waals surface area contributed by atoms with Gasteiger partial charge in [0.15, 0.2) is 0 Å². The van der Waals surface area contributed by atoms with E-state index >= 15 is 0 Å². The van der Waals surface area contributed by atoms with Crippen molar-refractivity contribution >= 4 is 29.3 Å². The monoisotopic (exact) mass is 221 g/mol. The van der Waals surface area contributed by atoms with Gasteiger partial charge in [-0.3, -0.25) is 4.79 Å². The van der Waals surface area contributed by atoms with Gasteiger partial charge in [-0.15, -0.1) is 11.6 Å². The number of carbonyl (C=O) groups is 1. The van der Waals surface area contributed by atoms with Crippen LogP contribution in [0.5, 0.6) is 0 Å². The molecule has 1 heterocycles. The summed E-state index contributed by atoms with van der Waals surface area (Å²) in [6.07, 6.45) is 2.25. The van der Waals surface area contributed by atoms with Crippen molar-refractivity contribution in [2.75, 3.05) is 23.9 Å². The van der Waals surface area contributed by atoms with E-state index in [1.165, 1.54) is 11.5 Å². The molecule has 0 aromatic heterocycles. The maximum atomic E-state index is 11.4. The lowest BCUT2D eigenvalue weighted by Crippen LogP contribution is -2.42. The molecule has 0 atom stereocenters. The molecule has 1 fully saturated rings. The van der Waals surface area contributed by atoms with Crippen molar-refractivity contribution < 1.29 is 4.79 Å². The first-order valence-electron chi connectivity index (χ1n) is 4.72. The number of amides is 1. The zero-order chi connectivity index (χ0) is 9.68. The summed E-state index contributed by atoms with van der Waals surface area (Å²) in [4.78, 5) is 13.4. The van der Waals surface area contributed by atoms with Crippen LogP contribution < -0.4 is 0 Å². The van der Waals surface area contributed by atoms with Crippen molar-refractivity contribution in [2.24, 2.45) is 0 Å². The van der Waals surface area contributed by atoms with Crippen molar-refractivity contribution in [3.63, 3.8) is 0 Å². The molecule has 1 aliphatic rings. The Balaban J connectivity index is 2.48. The van der Waals surface area contributed by atoms with E-state index in [1.54, 1.807) is 0 Å². The first-order valence-corrected chi connectivity index (χ1v) is 6.41. The number of carbonyl (C=O) groups excluding carboxylic acids is 1. The van der Waals surface area contributed by atoms with E-state index in [9.17, 15) is 4.79 Å². The van der Waals surface area contributed by atoms with Gasteiger partial charge >= 0.3 is 0 Å². The zero-order valence-corrected chi connectivity index (χ0v) is 9.53. The normalized spacial score (nSPS) is 18.6. The van der Waals surface area contributed by atoms with Crippen molar-refractivity contribution in [3.8, 4) is 0 Å². The predicted octanol–water partition coefficient (Wildman–Crippen LogP) is 1.97. The van der Waals surface area contributed by atoms with E-state index in [0.717, 1.165) is 19.4 Å². The van der Waals surface area contributed by atoms with Crippen molar-refractivity contribution in [1.82, 2.24) is 4.90 Å². The molecular weight excluding hydrogens is 206 g/mol. The Morgan fingerprint density at radius 3 is 2.62 bits per heavy atom. The molecule has 0 bridgehead atoms. The van der Waals surface area contributed by atoms with Gasteiger partial charge in [0.25, 0.3) is 0 Å². The first-order chi connectivity index (χ1) is 6.29. The molecule has 0 saturated carbocycles. The topological polar surface area (TPSA) is 20.3 Å². The quantitative estimate of drug-likeness (QED) is 0.680. The molecule has 1 saturated heterocycles. The van der Waals surface area contributed by atoms with E-state index in [-0.39, 0.29) is 11.8 Å². The fourth-order valence-electron chi connectivity index (χ4n) is 1.71. The van der Waals surface area contributed by atoms with Gasteiger partial charge in [0.2, 0.25) is 5.91 Å². The van der Waals surface area contributed by atoms with E-state index in [2.05, 4.69) is 0 Å². The summed E-state index contributed by atoms with van der Waals surface area (Å²) in [5.74, 6) is 2.56. The lowest BCUT2D eigenvalue weighted by Gasteiger charge is -2.32. The predicted molar refractivity (Wildman–Crippen MR) is 58.5 cm³/mol. The standard InChI is InChI=1S/C9H16ClNOS/c1-2-11(9(12)7-10)8-3-5-13-6-4-8/h8H,2-7H2,1H3. The minimum absolute atomic E-state index is 0.0843. The van der Waals surface area contributed by atoms with Crippen LogP contribution in [-0.4, -0.2) is 40.8 Å². The maximum Gasteiger partial charge on any atom is 0.237 e. The summed E-state index contributed by atoms with van der Waals surface area (Å²) in [5.41, 5.74) is 0. The molecule has 0 aromatic rings. The minimum Gasteiger partial charge on any atom is -0.339 e. The largest absolute Gasteiger partial charge is 0.339 e. The van der Waals surface area contributed by atoms with Gasteiger partial charge in [-0.2, -0.15) is 11.8 Å². The number of hydrogen-bond acceptors (Lipinski definition) is 2. The fraction of sp³-hybridized carbons (Fsp3) is 0.889. The lowest BCUT2D eigenvalue weighted by molar-refractivity contribution is -0.130. The van der Waals surface area contributed by atoms with Crippen LogP contribution in [0.15, 0.2) is 0 Å². The molecule has 76 valence electrons. The second-order valence-electron chi connectivity index (χ2n) is 3.16. The van der Waals surface area contributed by atoms with Crippen LogP contribution in [0.1, 0.15) is 19.8 Å². The van der Waals surface area contributed by atoms with Crippen LogP contribution in [0.2, 0.25) is 0 Å². The average Bonchev–Trinajstić information content (AvgIpc) is 2.20. The summed E-state index contributed by atoms with van der Waals surface area (Å²) in [6, 6.07) is 0.442. The second kappa shape index (κ2) is 5.76. The SMILES string of the molecule is CCN(C(=O)CCl)C1CCSCC1. The molecule has 0 N–H and O–H groups in total. The van der Waals surface area contributed by atoms with Gasteiger partial charge in [0.05, 0.1) is 0 Å². The number of halogens is 1. The molecule has 2 nitrogen and oxygen atoms in total. The van der Waals surface area contributed by atoms with Crippen molar-refractivity contribution in [3.05, 3.63) is 0 Å². The van der Waals surface area contributed by atoms with Gasteiger partial charge in [-0.05, 0) is 31.3 Å². The van der Waals surface area contributed by atoms with Gasteiger partial charge in [-0.1, -0.05) is 0 Å². The number of nitrogens with zero attached hydrogens (tertiary/aromatic N) is 1. The maximum absolute atomic E-state index is 11.4. The molecule has 0 spiro atoms. The van der Waals surface area contributed by atoms with E-state index in [1.807, 2.05) is 23.6 Å². The number of rotatable bonds is 3. The number of hydrogen-bond donors (Lipinski definition) is 0. The summed E-state index contributed by atoms with van der Waals surface area (Å²) >= 11 is 7.52. The Morgan fingerprint density at radius 2 is 2.15 bits per heavy atom. The van der Waals surface area contributed by atoms with Crippen LogP contribution in [0, 0.1) is 0 Å². The van der Waals surface area contributed by atoms with Crippen LogP contribution in [-0.2, 0) is 4.79 Å². The molecule has 0 aliphatic carbocycles. The van der Waals surface area contributed by atoms with E-state index in [0.29, 0.717) is 6.04 Å².